The lowest BCUT2D eigenvalue weighted by Crippen LogP contribution is -2.35. The summed E-state index contributed by atoms with van der Waals surface area (Å²) in [6.07, 6.45) is 2.79. The van der Waals surface area contributed by atoms with Gasteiger partial charge in [0.2, 0.25) is 0 Å². The van der Waals surface area contributed by atoms with Crippen LogP contribution in [0.25, 0.3) is 0 Å². The van der Waals surface area contributed by atoms with Gasteiger partial charge in [-0.1, -0.05) is 18.7 Å². The van der Waals surface area contributed by atoms with E-state index >= 15 is 0 Å². The maximum Gasteiger partial charge on any atom is 0.337 e. The highest BCUT2D eigenvalue weighted by atomic mass is 16.6. The van der Waals surface area contributed by atoms with Gasteiger partial charge in [-0.25, -0.2) is 9.59 Å². The number of carbonyl (C=O) groups excluding carboxylic acids is 3. The Morgan fingerprint density at radius 1 is 1.40 bits per heavy atom. The largest absolute Gasteiger partial charge is 0.461 e. The lowest BCUT2D eigenvalue weighted by molar-refractivity contribution is -0.149. The summed E-state index contributed by atoms with van der Waals surface area (Å²) in [5.41, 5.74) is 1.44. The van der Waals surface area contributed by atoms with Gasteiger partial charge in [-0.3, -0.25) is 4.79 Å². The van der Waals surface area contributed by atoms with Gasteiger partial charge in [0.05, 0.1) is 24.2 Å². The van der Waals surface area contributed by atoms with Gasteiger partial charge in [-0.2, -0.15) is 0 Å². The molecule has 30 heavy (non-hydrogen) atoms. The fourth-order valence-corrected chi connectivity index (χ4v) is 3.38. The Kier molecular flexibility index (Phi) is 8.14. The van der Waals surface area contributed by atoms with Gasteiger partial charge in [0.15, 0.2) is 0 Å². The van der Waals surface area contributed by atoms with Crippen molar-refractivity contribution in [2.24, 2.45) is 5.92 Å². The van der Waals surface area contributed by atoms with Crippen LogP contribution in [0.15, 0.2) is 47.1 Å². The molecule has 1 aliphatic carbocycles. The predicted molar refractivity (Wildman–Crippen MR) is 107 cm³/mol. The van der Waals surface area contributed by atoms with Crippen LogP contribution in [0.3, 0.4) is 0 Å². The molecular weight excluding hydrogens is 392 g/mol. The molecule has 0 aromatic rings. The van der Waals surface area contributed by atoms with Crippen LogP contribution in [0.2, 0.25) is 0 Å². The molecule has 2 rings (SSSR count). The summed E-state index contributed by atoms with van der Waals surface area (Å²) >= 11 is 0. The summed E-state index contributed by atoms with van der Waals surface area (Å²) < 4.78 is 16.0. The van der Waals surface area contributed by atoms with Crippen molar-refractivity contribution < 1.29 is 38.8 Å². The van der Waals surface area contributed by atoms with E-state index in [2.05, 4.69) is 6.58 Å². The van der Waals surface area contributed by atoms with Crippen LogP contribution in [-0.2, 0) is 28.6 Å². The third kappa shape index (κ3) is 5.67. The van der Waals surface area contributed by atoms with Crippen molar-refractivity contribution in [3.8, 4) is 0 Å². The molecule has 0 amide bonds. The molecule has 0 unspecified atom stereocenters. The molecule has 8 heteroatoms. The van der Waals surface area contributed by atoms with Crippen LogP contribution in [0.5, 0.6) is 0 Å². The second kappa shape index (κ2) is 10.4. The Bertz CT molecular complexity index is 804. The fraction of sp³-hybridized carbons (Fsp3) is 0.500. The highest BCUT2D eigenvalue weighted by molar-refractivity contribution is 5.92. The highest BCUT2D eigenvalue weighted by Gasteiger charge is 2.45. The number of rotatable bonds is 5. The van der Waals surface area contributed by atoms with Crippen molar-refractivity contribution >= 4 is 17.9 Å². The molecule has 0 radical (unpaired) electrons. The van der Waals surface area contributed by atoms with E-state index in [1.54, 1.807) is 26.0 Å². The Morgan fingerprint density at radius 2 is 2.10 bits per heavy atom. The van der Waals surface area contributed by atoms with E-state index in [0.717, 1.165) is 0 Å². The third-order valence-corrected chi connectivity index (χ3v) is 5.21. The van der Waals surface area contributed by atoms with Gasteiger partial charge in [0.25, 0.3) is 0 Å². The first kappa shape index (κ1) is 23.6. The summed E-state index contributed by atoms with van der Waals surface area (Å²) in [4.78, 5) is 36.0. The lowest BCUT2D eigenvalue weighted by Gasteiger charge is -2.28. The number of ether oxygens (including phenoxy) is 3. The molecule has 1 saturated heterocycles. The average molecular weight is 420 g/mol. The quantitative estimate of drug-likeness (QED) is 0.297. The average Bonchev–Trinajstić information content (AvgIpc) is 2.96. The van der Waals surface area contributed by atoms with Crippen molar-refractivity contribution in [2.45, 2.75) is 51.9 Å². The molecule has 2 N–H and O–H groups in total. The van der Waals surface area contributed by atoms with Crippen molar-refractivity contribution in [1.29, 1.82) is 0 Å². The van der Waals surface area contributed by atoms with Crippen LogP contribution >= 0.6 is 0 Å². The summed E-state index contributed by atoms with van der Waals surface area (Å²) in [7, 11) is 0. The molecule has 0 aromatic carbocycles. The molecule has 0 spiro atoms. The third-order valence-electron chi connectivity index (χ3n) is 5.21. The van der Waals surface area contributed by atoms with E-state index in [-0.39, 0.29) is 37.2 Å². The summed E-state index contributed by atoms with van der Waals surface area (Å²) in [6.45, 7) is 7.82. The van der Waals surface area contributed by atoms with Crippen molar-refractivity contribution in [2.75, 3.05) is 13.2 Å². The van der Waals surface area contributed by atoms with Crippen LogP contribution in [-0.4, -0.2) is 59.6 Å². The minimum atomic E-state index is -0.855. The lowest BCUT2D eigenvalue weighted by atomic mass is 9.85. The van der Waals surface area contributed by atoms with Gasteiger partial charge in [0.1, 0.15) is 18.8 Å². The molecule has 0 saturated carbocycles. The van der Waals surface area contributed by atoms with Crippen LogP contribution in [0, 0.1) is 5.92 Å². The maximum absolute atomic E-state index is 12.7. The minimum absolute atomic E-state index is 0.128. The van der Waals surface area contributed by atoms with Gasteiger partial charge >= 0.3 is 17.9 Å². The van der Waals surface area contributed by atoms with E-state index < -0.39 is 42.1 Å². The Hall–Kier alpha value is -2.71. The number of hydrogen-bond donors (Lipinski definition) is 2. The van der Waals surface area contributed by atoms with Gasteiger partial charge in [0, 0.05) is 18.9 Å². The first-order valence-electron chi connectivity index (χ1n) is 9.72. The second-order valence-corrected chi connectivity index (χ2v) is 7.35. The molecule has 0 aromatic heterocycles. The first-order chi connectivity index (χ1) is 14.2. The molecule has 164 valence electrons. The molecule has 0 bridgehead atoms. The number of aliphatic hydroxyl groups is 2. The zero-order valence-electron chi connectivity index (χ0n) is 17.4. The molecule has 2 aliphatic rings. The molecule has 4 atom stereocenters. The maximum atomic E-state index is 12.7. The van der Waals surface area contributed by atoms with Crippen molar-refractivity contribution in [1.82, 2.24) is 0 Å². The molecule has 1 heterocycles. The Labute approximate surface area is 175 Å². The van der Waals surface area contributed by atoms with Gasteiger partial charge in [-0.05, 0) is 37.5 Å². The summed E-state index contributed by atoms with van der Waals surface area (Å²) in [5.74, 6) is -2.54. The zero-order chi connectivity index (χ0) is 22.4. The zero-order valence-corrected chi connectivity index (χ0v) is 17.4. The number of aliphatic hydroxyl groups excluding tert-OH is 2. The smallest absolute Gasteiger partial charge is 0.337 e. The number of hydrogen-bond acceptors (Lipinski definition) is 8. The van der Waals surface area contributed by atoms with Crippen LogP contribution in [0.1, 0.15) is 33.6 Å². The van der Waals surface area contributed by atoms with Crippen LogP contribution in [0.4, 0.5) is 0 Å². The number of carbonyl (C=O) groups is 3. The fourth-order valence-electron chi connectivity index (χ4n) is 3.38. The highest BCUT2D eigenvalue weighted by Crippen LogP contribution is 2.36. The van der Waals surface area contributed by atoms with Gasteiger partial charge in [-0.15, -0.1) is 0 Å². The second-order valence-electron chi connectivity index (χ2n) is 7.35. The van der Waals surface area contributed by atoms with Gasteiger partial charge < -0.3 is 24.4 Å². The molecule has 8 nitrogen and oxygen atoms in total. The SMILES string of the molecule is C=C1C(=O)O[C@@H]2/C=C(/C)[C@@H](O)C/C=C(\CO)C[C@@H](OC(=O)/C(=C/C)COC(C)=O)[C@@H]12. The molecule has 1 aliphatic heterocycles. The number of allylic oxidation sites excluding steroid dienone is 1. The standard InChI is InChI=1S/C22H28O8/c1-5-16(11-28-14(4)24)22(27)30-19-9-15(10-23)6-7-17(25)12(2)8-18-20(19)13(3)21(26)29-18/h5-6,8,17-20,23,25H,3,7,9-11H2,1-2,4H3/b12-8-,15-6-,16-5+/t17-,18+,19+,20-/m0/s1. The first-order valence-corrected chi connectivity index (χ1v) is 9.72. The topological polar surface area (TPSA) is 119 Å². The molecular formula is C22H28O8. The van der Waals surface area contributed by atoms with E-state index in [4.69, 9.17) is 14.2 Å². The summed E-state index contributed by atoms with van der Waals surface area (Å²) in [5, 5.41) is 20.0. The Balaban J connectivity index is 2.37. The van der Waals surface area contributed by atoms with Crippen molar-refractivity contribution in [3.05, 3.63) is 47.1 Å². The minimum Gasteiger partial charge on any atom is -0.461 e. The van der Waals surface area contributed by atoms with E-state index in [1.807, 2.05) is 0 Å². The van der Waals surface area contributed by atoms with E-state index in [1.165, 1.54) is 13.0 Å². The Morgan fingerprint density at radius 3 is 2.70 bits per heavy atom. The monoisotopic (exact) mass is 420 g/mol. The van der Waals surface area contributed by atoms with E-state index in [0.29, 0.717) is 11.1 Å². The number of fused-ring (bicyclic) bond motifs is 1. The van der Waals surface area contributed by atoms with Crippen molar-refractivity contribution in [3.63, 3.8) is 0 Å². The number of esters is 3. The predicted octanol–water partition coefficient (Wildman–Crippen LogP) is 1.53. The van der Waals surface area contributed by atoms with Crippen LogP contribution < -0.4 is 0 Å². The summed E-state index contributed by atoms with van der Waals surface area (Å²) in [6, 6.07) is 0. The normalized spacial score (nSPS) is 30.9. The molecule has 1 fully saturated rings. The van der Waals surface area contributed by atoms with E-state index in [9.17, 15) is 24.6 Å².